The number of thiophene rings is 2. The Balaban J connectivity index is 1.55. The Morgan fingerprint density at radius 3 is 2.59 bits per heavy atom. The monoisotopic (exact) mass is 513 g/mol. The summed E-state index contributed by atoms with van der Waals surface area (Å²) in [7, 11) is -3.70. The Morgan fingerprint density at radius 1 is 1.19 bits per heavy atom. The van der Waals surface area contributed by atoms with Crippen molar-refractivity contribution < 1.29 is 30.4 Å². The normalized spacial score (nSPS) is 17.9. The van der Waals surface area contributed by atoms with E-state index in [1.165, 1.54) is 17.4 Å². The zero-order valence-electron chi connectivity index (χ0n) is 16.1. The van der Waals surface area contributed by atoms with Gasteiger partial charge in [0.1, 0.15) is 5.82 Å². The van der Waals surface area contributed by atoms with Crippen LogP contribution in [0.3, 0.4) is 0 Å². The Kier molecular flexibility index (Phi) is 5.80. The second-order valence-corrected chi connectivity index (χ2v) is 10.9. The van der Waals surface area contributed by atoms with E-state index in [1.807, 2.05) is 0 Å². The zero-order chi connectivity index (χ0) is 23.3. The number of hydrogen-bond donors (Lipinski definition) is 2. The van der Waals surface area contributed by atoms with Crippen molar-refractivity contribution in [1.29, 1.82) is 0 Å². The number of aromatic nitrogens is 2. The second kappa shape index (κ2) is 8.04. The number of fused-ring (bicyclic) bond motifs is 1. The molecule has 3 aromatic heterocycles. The van der Waals surface area contributed by atoms with Crippen LogP contribution in [0, 0.1) is 0 Å². The van der Waals surface area contributed by atoms with Crippen molar-refractivity contribution in [2.45, 2.75) is 30.3 Å². The predicted molar refractivity (Wildman–Crippen MR) is 113 cm³/mol. The van der Waals surface area contributed by atoms with Crippen LogP contribution in [0.2, 0.25) is 0 Å². The summed E-state index contributed by atoms with van der Waals surface area (Å²) < 4.78 is 88.1. The standard InChI is InChI=1S/C17H16F5N5O2S3/c18-16(19,17(20,21)22)13-2-1-9(31-13)5-24-14-11-7-30-8-12(11)25-15(26-14)27-4-3-10(6-27)32(23,28)29/h1-2,7-8,10H,3-6H2,(H2,23,28,29)(H,24,25,26)/t10-/m1/s1. The molecule has 1 fully saturated rings. The summed E-state index contributed by atoms with van der Waals surface area (Å²) in [6, 6.07) is 1.97. The number of hydrogen-bond acceptors (Lipinski definition) is 8. The van der Waals surface area contributed by atoms with E-state index in [2.05, 4.69) is 15.3 Å². The molecular weight excluding hydrogens is 497 g/mol. The summed E-state index contributed by atoms with van der Waals surface area (Å²) in [6.07, 6.45) is -5.34. The lowest BCUT2D eigenvalue weighted by Crippen LogP contribution is -2.32. The number of nitrogens with zero attached hydrogens (tertiary/aromatic N) is 3. The number of nitrogens with two attached hydrogens (primary N) is 1. The van der Waals surface area contributed by atoms with Gasteiger partial charge < -0.3 is 10.2 Å². The van der Waals surface area contributed by atoms with E-state index >= 15 is 0 Å². The minimum atomic E-state index is -5.67. The third-order valence-electron chi connectivity index (χ3n) is 4.98. The maximum absolute atomic E-state index is 13.5. The highest BCUT2D eigenvalue weighted by atomic mass is 32.2. The van der Waals surface area contributed by atoms with Gasteiger partial charge in [0.2, 0.25) is 16.0 Å². The van der Waals surface area contributed by atoms with E-state index in [0.717, 1.165) is 6.07 Å². The molecule has 1 aliphatic rings. The Morgan fingerprint density at radius 2 is 1.94 bits per heavy atom. The van der Waals surface area contributed by atoms with E-state index in [9.17, 15) is 30.4 Å². The first-order valence-corrected chi connectivity index (χ1v) is 12.5. The van der Waals surface area contributed by atoms with E-state index in [1.54, 1.807) is 15.7 Å². The van der Waals surface area contributed by atoms with E-state index in [-0.39, 0.29) is 23.9 Å². The van der Waals surface area contributed by atoms with Gasteiger partial charge in [-0.1, -0.05) is 0 Å². The molecule has 3 aromatic rings. The number of primary sulfonamides is 1. The van der Waals surface area contributed by atoms with Crippen LogP contribution in [0.25, 0.3) is 10.9 Å². The van der Waals surface area contributed by atoms with Crippen LogP contribution in [0.1, 0.15) is 16.2 Å². The fourth-order valence-electron chi connectivity index (χ4n) is 3.25. The van der Waals surface area contributed by atoms with Gasteiger partial charge in [-0.3, -0.25) is 0 Å². The lowest BCUT2D eigenvalue weighted by atomic mass is 10.2. The van der Waals surface area contributed by atoms with Gasteiger partial charge in [0.15, 0.2) is 0 Å². The van der Waals surface area contributed by atoms with Gasteiger partial charge in [-0.05, 0) is 18.6 Å². The average molecular weight is 514 g/mol. The number of alkyl halides is 5. The number of halogens is 5. The SMILES string of the molecule is NS(=O)(=O)[C@@H]1CCN(c2nc(NCc3ccc(C(F)(F)C(F)(F)F)s3)c3cscc3n2)C1. The van der Waals surface area contributed by atoms with Crippen LogP contribution in [-0.2, 0) is 22.5 Å². The van der Waals surface area contributed by atoms with Crippen molar-refractivity contribution in [2.75, 3.05) is 23.3 Å². The van der Waals surface area contributed by atoms with Gasteiger partial charge in [-0.15, -0.1) is 22.7 Å². The number of anilines is 2. The highest BCUT2D eigenvalue weighted by molar-refractivity contribution is 7.89. The fourth-order valence-corrected chi connectivity index (χ4v) is 5.76. The van der Waals surface area contributed by atoms with Crippen molar-refractivity contribution in [2.24, 2.45) is 5.14 Å². The first-order valence-electron chi connectivity index (χ1n) is 9.14. The predicted octanol–water partition coefficient (Wildman–Crippen LogP) is 3.89. The number of nitrogens with one attached hydrogen (secondary N) is 1. The molecule has 0 saturated carbocycles. The van der Waals surface area contributed by atoms with Gasteiger partial charge >= 0.3 is 12.1 Å². The summed E-state index contributed by atoms with van der Waals surface area (Å²) in [5.74, 6) is -4.28. The van der Waals surface area contributed by atoms with Crippen molar-refractivity contribution in [3.05, 3.63) is 32.6 Å². The van der Waals surface area contributed by atoms with Crippen LogP contribution in [0.4, 0.5) is 33.7 Å². The van der Waals surface area contributed by atoms with Gasteiger partial charge in [0.05, 0.1) is 27.6 Å². The summed E-state index contributed by atoms with van der Waals surface area (Å²) >= 11 is 1.72. The molecule has 1 saturated heterocycles. The molecule has 0 bridgehead atoms. The molecule has 0 radical (unpaired) electrons. The largest absolute Gasteiger partial charge is 0.458 e. The molecule has 4 rings (SSSR count). The van der Waals surface area contributed by atoms with E-state index in [4.69, 9.17) is 5.14 Å². The number of sulfonamides is 1. The topological polar surface area (TPSA) is 101 Å². The fraction of sp³-hybridized carbons (Fsp3) is 0.412. The minimum absolute atomic E-state index is 0.0280. The summed E-state index contributed by atoms with van der Waals surface area (Å²) in [6.45, 7) is 0.492. The third kappa shape index (κ3) is 4.38. The molecule has 0 aromatic carbocycles. The maximum Gasteiger partial charge on any atom is 0.458 e. The lowest BCUT2D eigenvalue weighted by molar-refractivity contribution is -0.287. The summed E-state index contributed by atoms with van der Waals surface area (Å²) in [4.78, 5) is 9.74. The molecule has 1 atom stereocenters. The Bertz CT molecular complexity index is 1240. The molecule has 0 amide bonds. The van der Waals surface area contributed by atoms with Gasteiger partial charge in [-0.25, -0.2) is 18.5 Å². The van der Waals surface area contributed by atoms with Crippen molar-refractivity contribution in [3.63, 3.8) is 0 Å². The summed E-state index contributed by atoms with van der Waals surface area (Å²) in [5.41, 5.74) is 0.594. The van der Waals surface area contributed by atoms with Gasteiger partial charge in [-0.2, -0.15) is 26.9 Å². The third-order valence-corrected chi connectivity index (χ3v) is 8.18. The van der Waals surface area contributed by atoms with Crippen LogP contribution in [-0.4, -0.2) is 42.9 Å². The van der Waals surface area contributed by atoms with Crippen LogP contribution < -0.4 is 15.4 Å². The quantitative estimate of drug-likeness (QED) is 0.485. The van der Waals surface area contributed by atoms with Crippen LogP contribution in [0.15, 0.2) is 22.9 Å². The second-order valence-electron chi connectivity index (χ2n) is 7.18. The summed E-state index contributed by atoms with van der Waals surface area (Å²) in [5, 5.41) is 11.7. The molecule has 174 valence electrons. The molecular formula is C17H16F5N5O2S3. The van der Waals surface area contributed by atoms with E-state index < -0.39 is 32.2 Å². The first-order chi connectivity index (χ1) is 14.9. The molecule has 7 nitrogen and oxygen atoms in total. The molecule has 0 unspecified atom stereocenters. The van der Waals surface area contributed by atoms with Gasteiger partial charge in [0, 0.05) is 28.7 Å². The smallest absolute Gasteiger partial charge is 0.364 e. The molecule has 4 heterocycles. The van der Waals surface area contributed by atoms with Crippen LogP contribution >= 0.6 is 22.7 Å². The lowest BCUT2D eigenvalue weighted by Gasteiger charge is -2.18. The van der Waals surface area contributed by atoms with E-state index in [0.29, 0.717) is 41.0 Å². The minimum Gasteiger partial charge on any atom is -0.364 e. The first kappa shape index (κ1) is 23.1. The molecule has 15 heteroatoms. The van der Waals surface area contributed by atoms with Crippen LogP contribution in [0.5, 0.6) is 0 Å². The van der Waals surface area contributed by atoms with Crippen molar-refractivity contribution in [1.82, 2.24) is 9.97 Å². The molecule has 3 N–H and O–H groups in total. The maximum atomic E-state index is 13.5. The molecule has 0 aliphatic carbocycles. The molecule has 1 aliphatic heterocycles. The Labute approximate surface area is 187 Å². The zero-order valence-corrected chi connectivity index (χ0v) is 18.5. The highest BCUT2D eigenvalue weighted by Gasteiger charge is 2.59. The molecule has 0 spiro atoms. The Hall–Kier alpha value is -2.10. The van der Waals surface area contributed by atoms with Crippen molar-refractivity contribution in [3.8, 4) is 0 Å². The number of rotatable bonds is 6. The highest BCUT2D eigenvalue weighted by Crippen LogP contribution is 2.46. The van der Waals surface area contributed by atoms with Gasteiger partial charge in [0.25, 0.3) is 0 Å². The average Bonchev–Trinajstić information content (AvgIpc) is 3.44. The molecule has 32 heavy (non-hydrogen) atoms. The van der Waals surface area contributed by atoms with Crippen molar-refractivity contribution >= 4 is 55.4 Å².